The van der Waals surface area contributed by atoms with Gasteiger partial charge in [0.1, 0.15) is 18.8 Å². The molecule has 28 heavy (non-hydrogen) atoms. The van der Waals surface area contributed by atoms with Gasteiger partial charge >= 0.3 is 29.8 Å². The van der Waals surface area contributed by atoms with Crippen LogP contribution < -0.4 is 0 Å². The molecule has 0 aromatic rings. The molecule has 1 aliphatic rings. The molecule has 0 spiro atoms. The van der Waals surface area contributed by atoms with E-state index in [-0.39, 0.29) is 6.42 Å². The molecule has 1 aliphatic heterocycles. The van der Waals surface area contributed by atoms with E-state index in [0.29, 0.717) is 0 Å². The molecule has 0 bridgehead atoms. The summed E-state index contributed by atoms with van der Waals surface area (Å²) in [6.07, 6.45) is -6.01. The van der Waals surface area contributed by atoms with E-state index < -0.39 is 67.2 Å². The lowest BCUT2D eigenvalue weighted by atomic mass is 9.96. The Balaban J connectivity index is 3.23. The van der Waals surface area contributed by atoms with E-state index in [2.05, 4.69) is 0 Å². The fraction of sp³-hybridized carbons (Fsp3) is 0.706. The Morgan fingerprint density at radius 1 is 0.821 bits per heavy atom. The molecule has 0 aliphatic carbocycles. The largest absolute Gasteiger partial charge is 0.462 e. The Bertz CT molecular complexity index is 614. The Kier molecular flexibility index (Phi) is 8.83. The molecule has 0 saturated carbocycles. The Hall–Kier alpha value is -2.69. The van der Waals surface area contributed by atoms with Crippen molar-refractivity contribution in [3.05, 3.63) is 0 Å². The standard InChI is InChI=1S/C17H24O11/c1-8(18)23-7-14(25-10(3)20)17-16(27-12(5)22)13(24-9(2)19)6-15(28-17)26-11(4)21/h13-17H,6-7H2,1-5H3/t13-,14-,15-,16-,17-/m1/s1. The quantitative estimate of drug-likeness (QED) is 0.419. The average Bonchev–Trinajstić information content (AvgIpc) is 2.51. The van der Waals surface area contributed by atoms with Crippen LogP contribution in [0.1, 0.15) is 41.0 Å². The molecule has 0 N–H and O–H groups in total. The summed E-state index contributed by atoms with van der Waals surface area (Å²) in [5.74, 6) is -3.42. The smallest absolute Gasteiger partial charge is 0.304 e. The summed E-state index contributed by atoms with van der Waals surface area (Å²) >= 11 is 0. The minimum absolute atomic E-state index is 0.117. The van der Waals surface area contributed by atoms with Crippen LogP contribution in [0, 0.1) is 0 Å². The predicted octanol–water partition coefficient (Wildman–Crippen LogP) is 0.0227. The highest BCUT2D eigenvalue weighted by Gasteiger charge is 2.49. The first kappa shape index (κ1) is 23.3. The summed E-state index contributed by atoms with van der Waals surface area (Å²) in [4.78, 5) is 57.0. The lowest BCUT2D eigenvalue weighted by Crippen LogP contribution is -2.58. The SMILES string of the molecule is CC(=O)OC[C@@H](OC(C)=O)[C@H]1O[C@@H](OC(C)=O)C[C@@H](OC(C)=O)[C@H]1OC(C)=O. The van der Waals surface area contributed by atoms with E-state index >= 15 is 0 Å². The van der Waals surface area contributed by atoms with Crippen molar-refractivity contribution in [1.29, 1.82) is 0 Å². The van der Waals surface area contributed by atoms with Gasteiger partial charge in [-0.25, -0.2) is 0 Å². The number of carbonyl (C=O) groups excluding carboxylic acids is 5. The van der Waals surface area contributed by atoms with Crippen molar-refractivity contribution in [3.63, 3.8) is 0 Å². The third-order valence-electron chi connectivity index (χ3n) is 3.48. The number of carbonyl (C=O) groups is 5. The fourth-order valence-corrected chi connectivity index (χ4v) is 2.68. The van der Waals surface area contributed by atoms with Crippen LogP contribution in [-0.4, -0.2) is 67.2 Å². The maximum Gasteiger partial charge on any atom is 0.304 e. The lowest BCUT2D eigenvalue weighted by molar-refractivity contribution is -0.273. The van der Waals surface area contributed by atoms with Gasteiger partial charge in [-0.05, 0) is 0 Å². The zero-order valence-electron chi connectivity index (χ0n) is 16.3. The van der Waals surface area contributed by atoms with Crippen LogP contribution >= 0.6 is 0 Å². The second-order valence-electron chi connectivity index (χ2n) is 6.05. The predicted molar refractivity (Wildman–Crippen MR) is 88.3 cm³/mol. The van der Waals surface area contributed by atoms with Crippen LogP contribution in [0.3, 0.4) is 0 Å². The number of hydrogen-bond donors (Lipinski definition) is 0. The summed E-state index contributed by atoms with van der Waals surface area (Å²) in [6.45, 7) is 5.29. The van der Waals surface area contributed by atoms with Crippen LogP contribution in [-0.2, 0) is 52.4 Å². The lowest BCUT2D eigenvalue weighted by Gasteiger charge is -2.42. The monoisotopic (exact) mass is 404 g/mol. The van der Waals surface area contributed by atoms with E-state index in [0.717, 1.165) is 34.6 Å². The topological polar surface area (TPSA) is 141 Å². The molecule has 1 heterocycles. The van der Waals surface area contributed by atoms with Gasteiger partial charge in [-0.15, -0.1) is 0 Å². The van der Waals surface area contributed by atoms with Gasteiger partial charge in [0.25, 0.3) is 0 Å². The Labute approximate surface area is 161 Å². The zero-order chi connectivity index (χ0) is 21.4. The summed E-state index contributed by atoms with van der Waals surface area (Å²) in [5, 5.41) is 0. The summed E-state index contributed by atoms with van der Waals surface area (Å²) in [7, 11) is 0. The molecule has 0 aromatic carbocycles. The van der Waals surface area contributed by atoms with Crippen LogP contribution in [0.2, 0.25) is 0 Å². The molecule has 11 nitrogen and oxygen atoms in total. The van der Waals surface area contributed by atoms with E-state index in [4.69, 9.17) is 28.4 Å². The minimum atomic E-state index is -1.24. The fourth-order valence-electron chi connectivity index (χ4n) is 2.68. The molecule has 158 valence electrons. The van der Waals surface area contributed by atoms with Crippen molar-refractivity contribution < 1.29 is 52.4 Å². The molecule has 1 rings (SSSR count). The Morgan fingerprint density at radius 3 is 1.86 bits per heavy atom. The van der Waals surface area contributed by atoms with Crippen LogP contribution in [0.4, 0.5) is 0 Å². The van der Waals surface area contributed by atoms with Gasteiger partial charge in [-0.3, -0.25) is 24.0 Å². The first-order chi connectivity index (χ1) is 13.0. The average molecular weight is 404 g/mol. The van der Waals surface area contributed by atoms with Crippen molar-refractivity contribution in [3.8, 4) is 0 Å². The Morgan fingerprint density at radius 2 is 1.39 bits per heavy atom. The van der Waals surface area contributed by atoms with E-state index in [1.165, 1.54) is 0 Å². The van der Waals surface area contributed by atoms with Crippen molar-refractivity contribution in [1.82, 2.24) is 0 Å². The third kappa shape index (κ3) is 7.91. The maximum absolute atomic E-state index is 11.6. The molecule has 0 aromatic heterocycles. The number of rotatable bonds is 7. The van der Waals surface area contributed by atoms with Crippen molar-refractivity contribution in [2.75, 3.05) is 6.61 Å². The number of ether oxygens (including phenoxy) is 6. The molecule has 5 atom stereocenters. The first-order valence-electron chi connectivity index (χ1n) is 8.47. The van der Waals surface area contributed by atoms with E-state index in [9.17, 15) is 24.0 Å². The number of esters is 5. The molecule has 0 amide bonds. The molecule has 11 heteroatoms. The third-order valence-corrected chi connectivity index (χ3v) is 3.48. The molecular weight excluding hydrogens is 380 g/mol. The molecule has 1 fully saturated rings. The van der Waals surface area contributed by atoms with Gasteiger partial charge < -0.3 is 28.4 Å². The van der Waals surface area contributed by atoms with Crippen LogP contribution in [0.5, 0.6) is 0 Å². The van der Waals surface area contributed by atoms with Gasteiger partial charge in [-0.1, -0.05) is 0 Å². The van der Waals surface area contributed by atoms with Crippen LogP contribution in [0.15, 0.2) is 0 Å². The normalized spacial score (nSPS) is 25.0. The van der Waals surface area contributed by atoms with Gasteiger partial charge in [0.15, 0.2) is 12.2 Å². The summed E-state index contributed by atoms with van der Waals surface area (Å²) < 4.78 is 31.1. The highest BCUT2D eigenvalue weighted by molar-refractivity contribution is 5.68. The summed E-state index contributed by atoms with van der Waals surface area (Å²) in [5.41, 5.74) is 0. The van der Waals surface area contributed by atoms with Gasteiger partial charge in [-0.2, -0.15) is 0 Å². The van der Waals surface area contributed by atoms with Crippen molar-refractivity contribution in [2.45, 2.75) is 71.7 Å². The maximum atomic E-state index is 11.6. The van der Waals surface area contributed by atoms with Crippen molar-refractivity contribution in [2.24, 2.45) is 0 Å². The molecule has 1 saturated heterocycles. The van der Waals surface area contributed by atoms with Gasteiger partial charge in [0.05, 0.1) is 6.42 Å². The van der Waals surface area contributed by atoms with Crippen molar-refractivity contribution >= 4 is 29.8 Å². The van der Waals surface area contributed by atoms with Gasteiger partial charge in [0, 0.05) is 34.6 Å². The van der Waals surface area contributed by atoms with E-state index in [1.54, 1.807) is 0 Å². The van der Waals surface area contributed by atoms with Gasteiger partial charge in [0.2, 0.25) is 6.29 Å². The highest BCUT2D eigenvalue weighted by atomic mass is 16.7. The molecule has 0 unspecified atom stereocenters. The van der Waals surface area contributed by atoms with Crippen LogP contribution in [0.25, 0.3) is 0 Å². The minimum Gasteiger partial charge on any atom is -0.462 e. The second-order valence-corrected chi connectivity index (χ2v) is 6.05. The summed E-state index contributed by atoms with van der Waals surface area (Å²) in [6, 6.07) is 0. The highest BCUT2D eigenvalue weighted by Crippen LogP contribution is 2.30. The molecule has 0 radical (unpaired) electrons. The number of hydrogen-bond acceptors (Lipinski definition) is 11. The molecular formula is C17H24O11. The second kappa shape index (κ2) is 10.6. The first-order valence-corrected chi connectivity index (χ1v) is 8.47. The van der Waals surface area contributed by atoms with E-state index in [1.807, 2.05) is 0 Å². The zero-order valence-corrected chi connectivity index (χ0v) is 16.3.